The average molecular weight is 447 g/mol. The molecule has 0 saturated carbocycles. The molecule has 1 unspecified atom stereocenters. The summed E-state index contributed by atoms with van der Waals surface area (Å²) in [7, 11) is 0. The van der Waals surface area contributed by atoms with Gasteiger partial charge in [0.05, 0.1) is 12.1 Å². The van der Waals surface area contributed by atoms with Crippen molar-refractivity contribution in [2.45, 2.75) is 25.8 Å². The molecule has 1 fully saturated rings. The summed E-state index contributed by atoms with van der Waals surface area (Å²) < 4.78 is 0. The number of amides is 3. The number of rotatable bonds is 6. The van der Waals surface area contributed by atoms with Crippen molar-refractivity contribution in [1.82, 2.24) is 4.90 Å². The van der Waals surface area contributed by atoms with E-state index in [-0.39, 0.29) is 24.1 Å². The van der Waals surface area contributed by atoms with Gasteiger partial charge in [0.1, 0.15) is 6.04 Å². The van der Waals surface area contributed by atoms with E-state index in [1.165, 1.54) is 9.80 Å². The van der Waals surface area contributed by atoms with Crippen LogP contribution in [-0.4, -0.2) is 35.2 Å². The van der Waals surface area contributed by atoms with Gasteiger partial charge >= 0.3 is 0 Å². The van der Waals surface area contributed by atoms with Crippen LogP contribution in [0.5, 0.6) is 0 Å². The minimum atomic E-state index is -0.853. The second-order valence-corrected chi connectivity index (χ2v) is 8.25. The molecule has 1 aliphatic heterocycles. The first-order chi connectivity index (χ1) is 15.5. The molecule has 4 rings (SSSR count). The Morgan fingerprint density at radius 2 is 1.72 bits per heavy atom. The highest BCUT2D eigenvalue weighted by atomic mass is 35.5. The molecule has 0 N–H and O–H groups in total. The van der Waals surface area contributed by atoms with E-state index >= 15 is 0 Å². The third kappa shape index (κ3) is 4.43. The molecule has 1 atom stereocenters. The number of imide groups is 1. The van der Waals surface area contributed by atoms with E-state index < -0.39 is 6.04 Å². The maximum atomic E-state index is 13.6. The third-order valence-electron chi connectivity index (χ3n) is 5.68. The summed E-state index contributed by atoms with van der Waals surface area (Å²) in [5.41, 5.74) is 2.82. The van der Waals surface area contributed by atoms with Gasteiger partial charge in [-0.15, -0.1) is 0 Å². The summed E-state index contributed by atoms with van der Waals surface area (Å²) >= 11 is 6.11. The Balaban J connectivity index is 1.65. The number of halogens is 1. The molecule has 0 aliphatic carbocycles. The zero-order valence-electron chi connectivity index (χ0n) is 17.7. The number of carbonyl (C=O) groups excluding carboxylic acids is 3. The van der Waals surface area contributed by atoms with Gasteiger partial charge in [0.15, 0.2) is 0 Å². The predicted octanol–water partition coefficient (Wildman–Crippen LogP) is 4.67. The number of para-hydroxylation sites is 1. The lowest BCUT2D eigenvalue weighted by molar-refractivity contribution is -0.122. The molecule has 3 aromatic carbocycles. The van der Waals surface area contributed by atoms with Crippen molar-refractivity contribution in [3.8, 4) is 0 Å². The fourth-order valence-electron chi connectivity index (χ4n) is 4.02. The molecule has 3 amide bonds. The Morgan fingerprint density at radius 3 is 2.44 bits per heavy atom. The summed E-state index contributed by atoms with van der Waals surface area (Å²) in [5.74, 6) is -0.947. The first-order valence-electron chi connectivity index (χ1n) is 10.5. The number of hydrogen-bond donors (Lipinski definition) is 0. The summed E-state index contributed by atoms with van der Waals surface area (Å²) in [6.07, 6.45) is 0.475. The first kappa shape index (κ1) is 21.8. The van der Waals surface area contributed by atoms with Crippen molar-refractivity contribution in [3.63, 3.8) is 0 Å². The lowest BCUT2D eigenvalue weighted by atomic mass is 10.0. The standard InChI is InChI=1S/C26H23ClN2O3/c1-18-8-5-6-13-22(18)25(31)28(15-14-19-9-7-10-20(27)16-19)23-17-24(30)29(26(23)32)21-11-3-2-4-12-21/h2-13,16,23H,14-15,17H2,1H3. The van der Waals surface area contributed by atoms with Gasteiger partial charge in [0.2, 0.25) is 5.91 Å². The molecule has 1 saturated heterocycles. The average Bonchev–Trinajstić information content (AvgIpc) is 3.08. The summed E-state index contributed by atoms with van der Waals surface area (Å²) in [6.45, 7) is 2.15. The molecule has 0 aromatic heterocycles. The van der Waals surface area contributed by atoms with Crippen LogP contribution in [0.1, 0.15) is 27.9 Å². The van der Waals surface area contributed by atoms with Gasteiger partial charge in [-0.1, -0.05) is 60.1 Å². The molecule has 1 aliphatic rings. The third-order valence-corrected chi connectivity index (χ3v) is 5.92. The second kappa shape index (κ2) is 9.37. The van der Waals surface area contributed by atoms with E-state index in [2.05, 4.69) is 0 Å². The van der Waals surface area contributed by atoms with Crippen molar-refractivity contribution >= 4 is 35.0 Å². The Morgan fingerprint density at radius 1 is 1.00 bits per heavy atom. The topological polar surface area (TPSA) is 57.7 Å². The lowest BCUT2D eigenvalue weighted by Gasteiger charge is -2.28. The molecular formula is C26H23ClN2O3. The van der Waals surface area contributed by atoms with Gasteiger partial charge in [0.25, 0.3) is 11.8 Å². The minimum absolute atomic E-state index is 0.0408. The van der Waals surface area contributed by atoms with E-state index in [1.807, 2.05) is 43.3 Å². The summed E-state index contributed by atoms with van der Waals surface area (Å²) in [4.78, 5) is 42.4. The quantitative estimate of drug-likeness (QED) is 0.517. The van der Waals surface area contributed by atoms with Crippen LogP contribution < -0.4 is 4.90 Å². The van der Waals surface area contributed by atoms with Crippen molar-refractivity contribution in [2.75, 3.05) is 11.4 Å². The van der Waals surface area contributed by atoms with Gasteiger partial charge in [-0.2, -0.15) is 0 Å². The number of benzene rings is 3. The Hall–Kier alpha value is -3.44. The molecule has 5 nitrogen and oxygen atoms in total. The second-order valence-electron chi connectivity index (χ2n) is 7.82. The first-order valence-corrected chi connectivity index (χ1v) is 10.9. The van der Waals surface area contributed by atoms with E-state index in [0.29, 0.717) is 29.2 Å². The van der Waals surface area contributed by atoms with Crippen LogP contribution in [-0.2, 0) is 16.0 Å². The normalized spacial score (nSPS) is 15.8. The Bertz CT molecular complexity index is 1160. The van der Waals surface area contributed by atoms with Crippen molar-refractivity contribution in [2.24, 2.45) is 0 Å². The van der Waals surface area contributed by atoms with Crippen LogP contribution in [0.3, 0.4) is 0 Å². The van der Waals surface area contributed by atoms with Crippen molar-refractivity contribution in [3.05, 3.63) is 101 Å². The Kier molecular flexibility index (Phi) is 6.37. The molecule has 6 heteroatoms. The van der Waals surface area contributed by atoms with Gasteiger partial charge in [-0.3, -0.25) is 14.4 Å². The molecule has 3 aromatic rings. The number of nitrogens with zero attached hydrogens (tertiary/aromatic N) is 2. The summed E-state index contributed by atoms with van der Waals surface area (Å²) in [6, 6.07) is 22.7. The van der Waals surface area contributed by atoms with Crippen molar-refractivity contribution < 1.29 is 14.4 Å². The smallest absolute Gasteiger partial charge is 0.257 e. The molecule has 32 heavy (non-hydrogen) atoms. The van der Waals surface area contributed by atoms with Crippen LogP contribution in [0.15, 0.2) is 78.9 Å². The highest BCUT2D eigenvalue weighted by Crippen LogP contribution is 2.27. The van der Waals surface area contributed by atoms with Crippen LogP contribution in [0.4, 0.5) is 5.69 Å². The van der Waals surface area contributed by atoms with Crippen LogP contribution >= 0.6 is 11.6 Å². The van der Waals surface area contributed by atoms with Crippen LogP contribution in [0.2, 0.25) is 5.02 Å². The number of anilines is 1. The highest BCUT2D eigenvalue weighted by Gasteiger charge is 2.44. The molecule has 0 spiro atoms. The molecule has 0 radical (unpaired) electrons. The van der Waals surface area contributed by atoms with E-state index in [9.17, 15) is 14.4 Å². The van der Waals surface area contributed by atoms with E-state index in [4.69, 9.17) is 11.6 Å². The van der Waals surface area contributed by atoms with Gasteiger partial charge in [-0.25, -0.2) is 4.90 Å². The fourth-order valence-corrected chi connectivity index (χ4v) is 4.23. The Labute approximate surface area is 192 Å². The molecule has 162 valence electrons. The predicted molar refractivity (Wildman–Crippen MR) is 125 cm³/mol. The highest BCUT2D eigenvalue weighted by molar-refractivity contribution is 6.30. The van der Waals surface area contributed by atoms with Crippen LogP contribution in [0.25, 0.3) is 0 Å². The zero-order chi connectivity index (χ0) is 22.7. The van der Waals surface area contributed by atoms with Crippen molar-refractivity contribution in [1.29, 1.82) is 0 Å². The molecule has 0 bridgehead atoms. The summed E-state index contributed by atoms with van der Waals surface area (Å²) in [5, 5.41) is 0.613. The number of aryl methyl sites for hydroxylation is 1. The van der Waals surface area contributed by atoms with Gasteiger partial charge in [-0.05, 0) is 54.8 Å². The SMILES string of the molecule is Cc1ccccc1C(=O)N(CCc1cccc(Cl)c1)C1CC(=O)N(c2ccccc2)C1=O. The maximum absolute atomic E-state index is 13.6. The van der Waals surface area contributed by atoms with Gasteiger partial charge in [0, 0.05) is 17.1 Å². The fraction of sp³-hybridized carbons (Fsp3) is 0.192. The zero-order valence-corrected chi connectivity index (χ0v) is 18.5. The van der Waals surface area contributed by atoms with Crippen LogP contribution in [0, 0.1) is 6.92 Å². The maximum Gasteiger partial charge on any atom is 0.257 e. The largest absolute Gasteiger partial charge is 0.326 e. The number of hydrogen-bond acceptors (Lipinski definition) is 3. The molecular weight excluding hydrogens is 424 g/mol. The lowest BCUT2D eigenvalue weighted by Crippen LogP contribution is -2.46. The van der Waals surface area contributed by atoms with Gasteiger partial charge < -0.3 is 4.90 Å². The minimum Gasteiger partial charge on any atom is -0.326 e. The van der Waals surface area contributed by atoms with E-state index in [0.717, 1.165) is 11.1 Å². The number of carbonyl (C=O) groups is 3. The molecule has 1 heterocycles. The monoisotopic (exact) mass is 446 g/mol. The van der Waals surface area contributed by atoms with E-state index in [1.54, 1.807) is 42.5 Å².